The lowest BCUT2D eigenvalue weighted by Gasteiger charge is -2.30. The number of hydrogen-bond donors (Lipinski definition) is 1. The molecule has 0 spiro atoms. The van der Waals surface area contributed by atoms with Crippen LogP contribution in [0.3, 0.4) is 0 Å². The molecule has 1 heterocycles. The van der Waals surface area contributed by atoms with Gasteiger partial charge in [-0.25, -0.2) is 14.0 Å². The first-order chi connectivity index (χ1) is 15.6. The van der Waals surface area contributed by atoms with Crippen LogP contribution in [0.25, 0.3) is 0 Å². The van der Waals surface area contributed by atoms with Gasteiger partial charge in [-0.05, 0) is 63.4 Å². The van der Waals surface area contributed by atoms with E-state index in [1.165, 1.54) is 29.2 Å². The Morgan fingerprint density at radius 2 is 1.76 bits per heavy atom. The number of carbonyl (C=O) groups is 3. The lowest BCUT2D eigenvalue weighted by molar-refractivity contribution is -0.125. The van der Waals surface area contributed by atoms with Crippen molar-refractivity contribution in [1.82, 2.24) is 10.3 Å². The highest BCUT2D eigenvalue weighted by atomic mass is 19.1. The number of halogens is 1. The average Bonchev–Trinajstić information content (AvgIpc) is 3.26. The SMILES string of the molecule is CC(C)(C)OC(=O)N(NC(=O)C1CCCN1C(=O)OCc1ccccc1)c1ccc(F)cc1. The molecule has 0 aromatic heterocycles. The van der Waals surface area contributed by atoms with Crippen LogP contribution in [-0.4, -0.2) is 41.2 Å². The molecule has 0 aliphatic carbocycles. The summed E-state index contributed by atoms with van der Waals surface area (Å²) in [6.45, 7) is 5.52. The molecule has 0 bridgehead atoms. The summed E-state index contributed by atoms with van der Waals surface area (Å²) >= 11 is 0. The van der Waals surface area contributed by atoms with E-state index in [0.29, 0.717) is 19.4 Å². The van der Waals surface area contributed by atoms with Gasteiger partial charge in [-0.2, -0.15) is 5.01 Å². The quantitative estimate of drug-likeness (QED) is 0.688. The van der Waals surface area contributed by atoms with Crippen molar-refractivity contribution < 1.29 is 28.2 Å². The Bertz CT molecular complexity index is 976. The number of nitrogens with zero attached hydrogens (tertiary/aromatic N) is 2. The molecule has 1 aliphatic heterocycles. The van der Waals surface area contributed by atoms with Crippen molar-refractivity contribution in [2.75, 3.05) is 11.6 Å². The van der Waals surface area contributed by atoms with Crippen molar-refractivity contribution in [2.24, 2.45) is 0 Å². The molecule has 0 saturated carbocycles. The van der Waals surface area contributed by atoms with Crippen molar-refractivity contribution in [3.05, 3.63) is 66.0 Å². The molecule has 1 unspecified atom stereocenters. The maximum Gasteiger partial charge on any atom is 0.434 e. The highest BCUT2D eigenvalue weighted by molar-refractivity contribution is 5.95. The molecule has 2 aromatic rings. The molecule has 9 heteroatoms. The van der Waals surface area contributed by atoms with E-state index in [1.54, 1.807) is 20.8 Å². The summed E-state index contributed by atoms with van der Waals surface area (Å²) in [7, 11) is 0. The maximum atomic E-state index is 13.4. The summed E-state index contributed by atoms with van der Waals surface area (Å²) in [5, 5.41) is 0.916. The number of rotatable bonds is 4. The van der Waals surface area contributed by atoms with Crippen molar-refractivity contribution in [3.63, 3.8) is 0 Å². The fourth-order valence-corrected chi connectivity index (χ4v) is 3.36. The second-order valence-corrected chi connectivity index (χ2v) is 8.66. The van der Waals surface area contributed by atoms with E-state index in [0.717, 1.165) is 10.6 Å². The molecular formula is C24H28FN3O5. The summed E-state index contributed by atoms with van der Waals surface area (Å²) in [4.78, 5) is 39.8. The lowest BCUT2D eigenvalue weighted by Crippen LogP contribution is -2.54. The van der Waals surface area contributed by atoms with Gasteiger partial charge in [0.1, 0.15) is 24.1 Å². The summed E-state index contributed by atoms with van der Waals surface area (Å²) in [6, 6.07) is 13.4. The second kappa shape index (κ2) is 10.3. The predicted molar refractivity (Wildman–Crippen MR) is 120 cm³/mol. The monoisotopic (exact) mass is 457 g/mol. The van der Waals surface area contributed by atoms with Gasteiger partial charge in [0.2, 0.25) is 0 Å². The van der Waals surface area contributed by atoms with E-state index < -0.39 is 35.6 Å². The number of benzene rings is 2. The first kappa shape index (κ1) is 24.0. The summed E-state index contributed by atoms with van der Waals surface area (Å²) in [6.07, 6.45) is -0.417. The van der Waals surface area contributed by atoms with Crippen LogP contribution in [0.4, 0.5) is 19.7 Å². The Kier molecular flexibility index (Phi) is 7.52. The molecule has 1 saturated heterocycles. The standard InChI is InChI=1S/C24H28FN3O5/c1-24(2,3)33-23(31)28(19-13-11-18(25)12-14-19)26-21(29)20-10-7-15-27(20)22(30)32-16-17-8-5-4-6-9-17/h4-6,8-9,11-14,20H,7,10,15-16H2,1-3H3,(H,26,29). The molecule has 33 heavy (non-hydrogen) atoms. The molecule has 3 amide bonds. The van der Waals surface area contributed by atoms with Gasteiger partial charge in [-0.3, -0.25) is 15.1 Å². The van der Waals surface area contributed by atoms with E-state index in [9.17, 15) is 18.8 Å². The number of likely N-dealkylation sites (tertiary alicyclic amines) is 1. The summed E-state index contributed by atoms with van der Waals surface area (Å²) < 4.78 is 24.1. The Labute approximate surface area is 192 Å². The molecule has 1 atom stereocenters. The molecule has 176 valence electrons. The van der Waals surface area contributed by atoms with Gasteiger partial charge in [0.05, 0.1) is 5.69 Å². The third kappa shape index (κ3) is 6.68. The number of carbonyl (C=O) groups excluding carboxylic acids is 3. The zero-order valence-corrected chi connectivity index (χ0v) is 18.9. The third-order valence-electron chi connectivity index (χ3n) is 4.88. The van der Waals surface area contributed by atoms with Crippen molar-refractivity contribution in [1.29, 1.82) is 0 Å². The molecule has 1 aliphatic rings. The minimum atomic E-state index is -0.835. The van der Waals surface area contributed by atoms with Crippen LogP contribution in [-0.2, 0) is 20.9 Å². The number of ether oxygens (including phenoxy) is 2. The fraction of sp³-hybridized carbons (Fsp3) is 0.375. The van der Waals surface area contributed by atoms with Gasteiger partial charge >= 0.3 is 12.2 Å². The van der Waals surface area contributed by atoms with Gasteiger partial charge in [-0.1, -0.05) is 30.3 Å². The third-order valence-corrected chi connectivity index (χ3v) is 4.88. The number of hydrazine groups is 1. The first-order valence-electron chi connectivity index (χ1n) is 10.7. The van der Waals surface area contributed by atoms with Crippen LogP contribution in [0.15, 0.2) is 54.6 Å². The van der Waals surface area contributed by atoms with Gasteiger partial charge < -0.3 is 9.47 Å². The van der Waals surface area contributed by atoms with Crippen LogP contribution in [0.2, 0.25) is 0 Å². The van der Waals surface area contributed by atoms with Crippen LogP contribution in [0, 0.1) is 5.82 Å². The minimum Gasteiger partial charge on any atom is -0.445 e. The van der Waals surface area contributed by atoms with Crippen LogP contribution in [0.5, 0.6) is 0 Å². The molecular weight excluding hydrogens is 429 g/mol. The molecule has 8 nitrogen and oxygen atoms in total. The lowest BCUT2D eigenvalue weighted by atomic mass is 10.2. The fourth-order valence-electron chi connectivity index (χ4n) is 3.36. The van der Waals surface area contributed by atoms with Gasteiger partial charge in [0, 0.05) is 6.54 Å². The second-order valence-electron chi connectivity index (χ2n) is 8.66. The highest BCUT2D eigenvalue weighted by Crippen LogP contribution is 2.21. The van der Waals surface area contributed by atoms with E-state index in [1.807, 2.05) is 30.3 Å². The first-order valence-corrected chi connectivity index (χ1v) is 10.7. The van der Waals surface area contributed by atoms with Gasteiger partial charge in [0.15, 0.2) is 0 Å². The van der Waals surface area contributed by atoms with Gasteiger partial charge in [0.25, 0.3) is 5.91 Å². The molecule has 3 rings (SSSR count). The smallest absolute Gasteiger partial charge is 0.434 e. The van der Waals surface area contributed by atoms with Crippen LogP contribution in [0.1, 0.15) is 39.2 Å². The maximum absolute atomic E-state index is 13.4. The Balaban J connectivity index is 1.71. The van der Waals surface area contributed by atoms with Crippen molar-refractivity contribution >= 4 is 23.8 Å². The predicted octanol–water partition coefficient (Wildman–Crippen LogP) is 4.40. The van der Waals surface area contributed by atoms with Crippen molar-refractivity contribution in [2.45, 2.75) is 51.9 Å². The number of anilines is 1. The van der Waals surface area contributed by atoms with Crippen molar-refractivity contribution in [3.8, 4) is 0 Å². The Morgan fingerprint density at radius 3 is 2.39 bits per heavy atom. The largest absolute Gasteiger partial charge is 0.445 e. The summed E-state index contributed by atoms with van der Waals surface area (Å²) in [5.74, 6) is -1.06. The number of nitrogens with one attached hydrogen (secondary N) is 1. The normalized spacial score (nSPS) is 15.6. The number of amides is 3. The van der Waals surface area contributed by atoms with E-state index in [4.69, 9.17) is 9.47 Å². The Morgan fingerprint density at radius 1 is 1.09 bits per heavy atom. The summed E-state index contributed by atoms with van der Waals surface area (Å²) in [5.41, 5.74) is 2.75. The average molecular weight is 458 g/mol. The molecule has 1 N–H and O–H groups in total. The van der Waals surface area contributed by atoms with Crippen LogP contribution >= 0.6 is 0 Å². The molecule has 0 radical (unpaired) electrons. The van der Waals surface area contributed by atoms with E-state index >= 15 is 0 Å². The van der Waals surface area contributed by atoms with Gasteiger partial charge in [-0.15, -0.1) is 0 Å². The molecule has 2 aromatic carbocycles. The number of hydrogen-bond acceptors (Lipinski definition) is 5. The highest BCUT2D eigenvalue weighted by Gasteiger charge is 2.37. The zero-order valence-electron chi connectivity index (χ0n) is 18.9. The topological polar surface area (TPSA) is 88.2 Å². The zero-order chi connectivity index (χ0) is 24.0. The Hall–Kier alpha value is -3.62. The van der Waals surface area contributed by atoms with E-state index in [-0.39, 0.29) is 12.3 Å². The minimum absolute atomic E-state index is 0.0874. The van der Waals surface area contributed by atoms with Crippen LogP contribution < -0.4 is 10.4 Å². The van der Waals surface area contributed by atoms with E-state index in [2.05, 4.69) is 5.43 Å². The molecule has 1 fully saturated rings.